The van der Waals surface area contributed by atoms with E-state index < -0.39 is 8.32 Å². The minimum Gasteiger partial charge on any atom is -0.407 e. The van der Waals surface area contributed by atoms with E-state index in [4.69, 9.17) is 13.9 Å². The predicted molar refractivity (Wildman–Crippen MR) is 166 cm³/mol. The van der Waals surface area contributed by atoms with E-state index in [2.05, 4.69) is 88.4 Å². The van der Waals surface area contributed by atoms with Gasteiger partial charge in [0.2, 0.25) is 0 Å². The lowest BCUT2D eigenvalue weighted by molar-refractivity contribution is -0.162. The zero-order chi connectivity index (χ0) is 27.6. The third-order valence-electron chi connectivity index (χ3n) is 8.95. The van der Waals surface area contributed by atoms with Gasteiger partial charge in [-0.25, -0.2) is 0 Å². The molecule has 0 bridgehead atoms. The van der Waals surface area contributed by atoms with Gasteiger partial charge >= 0.3 is 0 Å². The van der Waals surface area contributed by atoms with Crippen LogP contribution < -0.4 is 10.4 Å². The highest BCUT2D eigenvalue weighted by molar-refractivity contribution is 6.99. The van der Waals surface area contributed by atoms with Crippen molar-refractivity contribution in [1.29, 1.82) is 0 Å². The molecule has 214 valence electrons. The summed E-state index contributed by atoms with van der Waals surface area (Å²) in [5.41, 5.74) is 3.39. The van der Waals surface area contributed by atoms with E-state index >= 15 is 0 Å². The molecule has 39 heavy (non-hydrogen) atoms. The molecule has 0 N–H and O–H groups in total. The van der Waals surface area contributed by atoms with E-state index in [1.165, 1.54) is 61.7 Å². The zero-order valence-corrected chi connectivity index (χ0v) is 26.1. The number of hydrogen-bond acceptors (Lipinski definition) is 3. The number of allylic oxidation sites excluding steroid dienone is 2. The maximum atomic E-state index is 7.16. The molecule has 0 aromatic heterocycles. The largest absolute Gasteiger partial charge is 0.407 e. The van der Waals surface area contributed by atoms with Crippen molar-refractivity contribution in [2.75, 3.05) is 19.8 Å². The third kappa shape index (κ3) is 7.94. The Morgan fingerprint density at radius 1 is 0.821 bits per heavy atom. The van der Waals surface area contributed by atoms with Gasteiger partial charge in [-0.05, 0) is 98.9 Å². The average Bonchev–Trinajstić information content (AvgIpc) is 2.95. The van der Waals surface area contributed by atoms with Crippen LogP contribution >= 0.6 is 0 Å². The molecule has 1 heterocycles. The monoisotopic (exact) mass is 548 g/mol. The molecule has 1 aliphatic heterocycles. The minimum absolute atomic E-state index is 0.0381. The molecule has 4 heteroatoms. The molecule has 2 aromatic rings. The fraction of sp³-hybridized carbons (Fsp3) is 0.600. The van der Waals surface area contributed by atoms with Gasteiger partial charge in [0.1, 0.15) is 0 Å². The van der Waals surface area contributed by atoms with Crippen molar-refractivity contribution in [3.05, 3.63) is 71.8 Å². The van der Waals surface area contributed by atoms with Gasteiger partial charge in [-0.15, -0.1) is 0 Å². The van der Waals surface area contributed by atoms with Crippen LogP contribution in [0.2, 0.25) is 5.04 Å². The fourth-order valence-electron chi connectivity index (χ4n) is 6.76. The number of ether oxygens (including phenoxy) is 2. The quantitative estimate of drug-likeness (QED) is 0.143. The van der Waals surface area contributed by atoms with Crippen molar-refractivity contribution in [2.45, 2.75) is 110 Å². The molecule has 2 aromatic carbocycles. The van der Waals surface area contributed by atoms with Gasteiger partial charge in [-0.3, -0.25) is 0 Å². The first-order chi connectivity index (χ1) is 18.9. The van der Waals surface area contributed by atoms with Crippen LogP contribution in [-0.4, -0.2) is 34.4 Å². The van der Waals surface area contributed by atoms with E-state index in [1.807, 2.05) is 0 Å². The van der Waals surface area contributed by atoms with Crippen LogP contribution in [0, 0.1) is 5.92 Å². The Hall–Kier alpha value is -1.72. The molecule has 0 saturated carbocycles. The first kappa shape index (κ1) is 30.2. The molecule has 0 spiro atoms. The molecule has 4 rings (SSSR count). The molecule has 1 saturated heterocycles. The maximum Gasteiger partial charge on any atom is 0.261 e. The van der Waals surface area contributed by atoms with Crippen molar-refractivity contribution < 1.29 is 13.9 Å². The fourth-order valence-corrected chi connectivity index (χ4v) is 11.4. The van der Waals surface area contributed by atoms with Crippen molar-refractivity contribution >= 4 is 18.7 Å². The summed E-state index contributed by atoms with van der Waals surface area (Å²) in [6.45, 7) is 12.0. The second-order valence-electron chi connectivity index (χ2n) is 12.7. The molecule has 3 nitrogen and oxygen atoms in total. The third-order valence-corrected chi connectivity index (χ3v) is 14.0. The zero-order valence-electron chi connectivity index (χ0n) is 25.1. The van der Waals surface area contributed by atoms with Gasteiger partial charge in [0, 0.05) is 19.8 Å². The van der Waals surface area contributed by atoms with Gasteiger partial charge in [-0.2, -0.15) is 0 Å². The summed E-state index contributed by atoms with van der Waals surface area (Å²) in [6.07, 6.45) is 13.4. The number of unbranched alkanes of at least 4 members (excludes halogenated alkanes) is 1. The lowest BCUT2D eigenvalue weighted by atomic mass is 9.79. The number of benzene rings is 2. The van der Waals surface area contributed by atoms with Crippen molar-refractivity contribution in [1.82, 2.24) is 0 Å². The van der Waals surface area contributed by atoms with E-state index in [0.29, 0.717) is 5.92 Å². The van der Waals surface area contributed by atoms with Crippen molar-refractivity contribution in [3.8, 4) is 0 Å². The Bertz CT molecular complexity index is 966. The molecule has 2 atom stereocenters. The van der Waals surface area contributed by atoms with Gasteiger partial charge in [0.15, 0.2) is 6.29 Å². The molecule has 1 aliphatic carbocycles. The summed E-state index contributed by atoms with van der Waals surface area (Å²) in [4.78, 5) is 0. The van der Waals surface area contributed by atoms with Gasteiger partial charge in [0.05, 0.1) is 0 Å². The van der Waals surface area contributed by atoms with Crippen molar-refractivity contribution in [2.24, 2.45) is 5.92 Å². The second-order valence-corrected chi connectivity index (χ2v) is 17.0. The van der Waals surface area contributed by atoms with Crippen LogP contribution in [0.3, 0.4) is 0 Å². The van der Waals surface area contributed by atoms with Crippen LogP contribution in [0.15, 0.2) is 71.8 Å². The smallest absolute Gasteiger partial charge is 0.261 e. The normalized spacial score (nSPS) is 20.8. The summed E-state index contributed by atoms with van der Waals surface area (Å²) in [5, 5.41) is 2.79. The van der Waals surface area contributed by atoms with Crippen LogP contribution in [0.4, 0.5) is 0 Å². The second kappa shape index (κ2) is 14.8. The lowest BCUT2D eigenvalue weighted by Crippen LogP contribution is -2.66. The lowest BCUT2D eigenvalue weighted by Gasteiger charge is -2.43. The Morgan fingerprint density at radius 3 is 2.13 bits per heavy atom. The van der Waals surface area contributed by atoms with E-state index in [1.54, 1.807) is 11.1 Å². The standard InChI is InChI=1S/C35H52O3Si/c1-29-30(17-11-13-26-36-34-25-12-14-27-37-34)18-15-19-31(29)20-16-28-38-39(35(2,3)4,32-21-7-5-8-22-32)33-23-9-6-10-24-33/h5-10,21-24,31,34H,11-20,25-28H2,1-4H3/t31-,34-/m1/s1. The van der Waals surface area contributed by atoms with E-state index in [0.717, 1.165) is 39.1 Å². The average molecular weight is 549 g/mol. The summed E-state index contributed by atoms with van der Waals surface area (Å²) in [6, 6.07) is 22.1. The Balaban J connectivity index is 1.32. The Kier molecular flexibility index (Phi) is 11.5. The highest BCUT2D eigenvalue weighted by atomic mass is 28.4. The van der Waals surface area contributed by atoms with E-state index in [-0.39, 0.29) is 11.3 Å². The van der Waals surface area contributed by atoms with Crippen LogP contribution in [0.5, 0.6) is 0 Å². The highest BCUT2D eigenvalue weighted by Crippen LogP contribution is 2.38. The molecular weight excluding hydrogens is 496 g/mol. The van der Waals surface area contributed by atoms with Crippen LogP contribution in [0.1, 0.15) is 98.3 Å². The summed E-state index contributed by atoms with van der Waals surface area (Å²) in [7, 11) is -2.44. The van der Waals surface area contributed by atoms with Crippen LogP contribution in [-0.2, 0) is 13.9 Å². The van der Waals surface area contributed by atoms with Gasteiger partial charge in [0.25, 0.3) is 8.32 Å². The molecule has 0 amide bonds. The minimum atomic E-state index is -2.44. The Labute approximate surface area is 239 Å². The number of rotatable bonds is 13. The number of hydrogen-bond donors (Lipinski definition) is 0. The maximum absolute atomic E-state index is 7.16. The Morgan fingerprint density at radius 2 is 1.51 bits per heavy atom. The predicted octanol–water partition coefficient (Wildman–Crippen LogP) is 8.17. The highest BCUT2D eigenvalue weighted by Gasteiger charge is 2.50. The molecule has 2 aliphatic rings. The summed E-state index contributed by atoms with van der Waals surface area (Å²) in [5.74, 6) is 0.711. The van der Waals surface area contributed by atoms with Crippen LogP contribution in [0.25, 0.3) is 0 Å². The molecule has 1 fully saturated rings. The summed E-state index contributed by atoms with van der Waals surface area (Å²) >= 11 is 0. The van der Waals surface area contributed by atoms with E-state index in [9.17, 15) is 0 Å². The first-order valence-electron chi connectivity index (χ1n) is 15.6. The molecule has 0 radical (unpaired) electrons. The first-order valence-corrected chi connectivity index (χ1v) is 17.5. The molecular formula is C35H52O3Si. The summed E-state index contributed by atoms with van der Waals surface area (Å²) < 4.78 is 18.8. The SMILES string of the molecule is CC1=C(CCCCO[C@H]2CCCCO2)CCC[C@@H]1CCCO[Si](c1ccccc1)(c1ccccc1)C(C)(C)C. The van der Waals surface area contributed by atoms with Gasteiger partial charge < -0.3 is 13.9 Å². The topological polar surface area (TPSA) is 27.7 Å². The van der Waals surface area contributed by atoms with Gasteiger partial charge in [-0.1, -0.05) is 92.6 Å². The van der Waals surface area contributed by atoms with Crippen molar-refractivity contribution in [3.63, 3.8) is 0 Å². The molecule has 0 unspecified atom stereocenters.